The van der Waals surface area contributed by atoms with Gasteiger partial charge in [0.05, 0.1) is 25.0 Å². The van der Waals surface area contributed by atoms with Gasteiger partial charge in [-0.05, 0) is 14.0 Å². The SMILES string of the molecule is CCNC(=NCCN(C)CC(F)(F)F)N1CCN(c2cnn(C)c2)C(=O)C1.I. The number of hydrogen-bond acceptors (Lipinski definition) is 4. The predicted octanol–water partition coefficient (Wildman–Crippen LogP) is 1.15. The van der Waals surface area contributed by atoms with E-state index in [0.29, 0.717) is 25.6 Å². The Morgan fingerprint density at radius 1 is 1.39 bits per heavy atom. The topological polar surface area (TPSA) is 69.0 Å². The summed E-state index contributed by atoms with van der Waals surface area (Å²) >= 11 is 0. The molecule has 12 heteroatoms. The number of piperazine rings is 1. The molecule has 1 aliphatic rings. The molecule has 0 radical (unpaired) electrons. The van der Waals surface area contributed by atoms with Crippen LogP contribution in [0.25, 0.3) is 0 Å². The van der Waals surface area contributed by atoms with Gasteiger partial charge in [-0.15, -0.1) is 24.0 Å². The fourth-order valence-corrected chi connectivity index (χ4v) is 2.81. The highest BCUT2D eigenvalue weighted by molar-refractivity contribution is 14.0. The highest BCUT2D eigenvalue weighted by Crippen LogP contribution is 2.16. The molecule has 0 aromatic carbocycles. The van der Waals surface area contributed by atoms with Crippen LogP contribution in [0.3, 0.4) is 0 Å². The molecule has 0 unspecified atom stereocenters. The second kappa shape index (κ2) is 10.8. The van der Waals surface area contributed by atoms with Crippen LogP contribution in [0.2, 0.25) is 0 Å². The van der Waals surface area contributed by atoms with E-state index in [0.717, 1.165) is 5.69 Å². The first-order valence-electron chi connectivity index (χ1n) is 8.77. The third-order valence-electron chi connectivity index (χ3n) is 4.05. The van der Waals surface area contributed by atoms with E-state index in [1.54, 1.807) is 29.0 Å². The maximum atomic E-state index is 12.5. The van der Waals surface area contributed by atoms with Crippen molar-refractivity contribution in [2.45, 2.75) is 13.1 Å². The van der Waals surface area contributed by atoms with E-state index < -0.39 is 12.7 Å². The number of likely N-dealkylation sites (N-methyl/N-ethyl adjacent to an activating group) is 1. The molecule has 1 amide bonds. The lowest BCUT2D eigenvalue weighted by Gasteiger charge is -2.35. The van der Waals surface area contributed by atoms with Crippen molar-refractivity contribution in [1.29, 1.82) is 0 Å². The van der Waals surface area contributed by atoms with Crippen molar-refractivity contribution in [3.63, 3.8) is 0 Å². The molecule has 0 spiro atoms. The van der Waals surface area contributed by atoms with Gasteiger partial charge < -0.3 is 15.1 Å². The zero-order valence-corrected chi connectivity index (χ0v) is 18.6. The Morgan fingerprint density at radius 3 is 2.64 bits per heavy atom. The summed E-state index contributed by atoms with van der Waals surface area (Å²) in [6, 6.07) is 0. The quantitative estimate of drug-likeness (QED) is 0.349. The molecule has 1 aromatic rings. The van der Waals surface area contributed by atoms with E-state index in [-0.39, 0.29) is 49.5 Å². The third kappa shape index (κ3) is 7.45. The number of aryl methyl sites for hydroxylation is 1. The van der Waals surface area contributed by atoms with E-state index in [1.807, 2.05) is 11.8 Å². The van der Waals surface area contributed by atoms with Crippen molar-refractivity contribution >= 4 is 41.5 Å². The summed E-state index contributed by atoms with van der Waals surface area (Å²) in [7, 11) is 3.20. The summed E-state index contributed by atoms with van der Waals surface area (Å²) in [6.07, 6.45) is -0.801. The van der Waals surface area contributed by atoms with Crippen LogP contribution >= 0.6 is 24.0 Å². The van der Waals surface area contributed by atoms with E-state index in [1.165, 1.54) is 11.9 Å². The van der Waals surface area contributed by atoms with Gasteiger partial charge in [0.25, 0.3) is 0 Å². The number of alkyl halides is 3. The fraction of sp³-hybridized carbons (Fsp3) is 0.688. The molecular weight excluding hydrogens is 490 g/mol. The average Bonchev–Trinajstić information content (AvgIpc) is 2.98. The zero-order valence-electron chi connectivity index (χ0n) is 16.2. The van der Waals surface area contributed by atoms with Gasteiger partial charge in [0.1, 0.15) is 6.54 Å². The zero-order chi connectivity index (χ0) is 20.0. The summed E-state index contributed by atoms with van der Waals surface area (Å²) in [6.45, 7) is 3.14. The molecule has 8 nitrogen and oxygen atoms in total. The first kappa shape index (κ1) is 24.5. The van der Waals surface area contributed by atoms with Crippen LogP contribution in [0.4, 0.5) is 18.9 Å². The third-order valence-corrected chi connectivity index (χ3v) is 4.05. The monoisotopic (exact) mass is 517 g/mol. The average molecular weight is 517 g/mol. The number of hydrogen-bond donors (Lipinski definition) is 1. The number of rotatable bonds is 6. The number of carbonyl (C=O) groups is 1. The van der Waals surface area contributed by atoms with Crippen LogP contribution in [0.1, 0.15) is 6.92 Å². The highest BCUT2D eigenvalue weighted by Gasteiger charge is 2.29. The highest BCUT2D eigenvalue weighted by atomic mass is 127. The molecule has 160 valence electrons. The normalized spacial score (nSPS) is 15.8. The maximum Gasteiger partial charge on any atom is 0.401 e. The van der Waals surface area contributed by atoms with E-state index in [9.17, 15) is 18.0 Å². The van der Waals surface area contributed by atoms with Crippen molar-refractivity contribution in [2.24, 2.45) is 12.0 Å². The molecule has 2 rings (SSSR count). The Kier molecular flexibility index (Phi) is 9.47. The largest absolute Gasteiger partial charge is 0.401 e. The number of carbonyl (C=O) groups excluding carboxylic acids is 1. The van der Waals surface area contributed by atoms with Crippen molar-refractivity contribution in [3.8, 4) is 0 Å². The molecule has 1 aliphatic heterocycles. The van der Waals surface area contributed by atoms with Gasteiger partial charge in [0.2, 0.25) is 5.91 Å². The summed E-state index contributed by atoms with van der Waals surface area (Å²) in [5.41, 5.74) is 0.748. The molecule has 1 N–H and O–H groups in total. The van der Waals surface area contributed by atoms with Gasteiger partial charge in [-0.3, -0.25) is 19.4 Å². The van der Waals surface area contributed by atoms with Crippen molar-refractivity contribution in [2.75, 3.05) is 57.8 Å². The Bertz CT molecular complexity index is 665. The van der Waals surface area contributed by atoms with Gasteiger partial charge in [-0.1, -0.05) is 0 Å². The van der Waals surface area contributed by atoms with E-state index in [2.05, 4.69) is 15.4 Å². The molecule has 1 fully saturated rings. The molecule has 0 atom stereocenters. The summed E-state index contributed by atoms with van der Waals surface area (Å²) in [5, 5.41) is 7.18. The van der Waals surface area contributed by atoms with Crippen molar-refractivity contribution in [3.05, 3.63) is 12.4 Å². The van der Waals surface area contributed by atoms with Gasteiger partial charge in [-0.25, -0.2) is 0 Å². The Labute approximate surface area is 179 Å². The second-order valence-electron chi connectivity index (χ2n) is 6.43. The van der Waals surface area contributed by atoms with Gasteiger partial charge >= 0.3 is 6.18 Å². The smallest absolute Gasteiger partial charge is 0.357 e. The predicted molar refractivity (Wildman–Crippen MR) is 112 cm³/mol. The number of halogens is 4. The first-order valence-corrected chi connectivity index (χ1v) is 8.77. The Hall–Kier alpha value is -1.57. The van der Waals surface area contributed by atoms with Crippen molar-refractivity contribution < 1.29 is 18.0 Å². The lowest BCUT2D eigenvalue weighted by molar-refractivity contribution is -0.142. The number of guanidine groups is 1. The minimum absolute atomic E-state index is 0. The summed E-state index contributed by atoms with van der Waals surface area (Å²) in [5.74, 6) is 0.464. The Morgan fingerprint density at radius 2 is 2.11 bits per heavy atom. The molecule has 1 saturated heterocycles. The number of aliphatic imine (C=N–C) groups is 1. The van der Waals surface area contributed by atoms with Crippen LogP contribution in [0, 0.1) is 0 Å². The van der Waals surface area contributed by atoms with E-state index in [4.69, 9.17) is 0 Å². The summed E-state index contributed by atoms with van der Waals surface area (Å²) in [4.78, 5) is 21.5. The molecule has 1 aromatic heterocycles. The van der Waals surface area contributed by atoms with Crippen LogP contribution in [0.5, 0.6) is 0 Å². The molecule has 0 aliphatic carbocycles. The minimum atomic E-state index is -4.22. The molecular formula is C16H27F3IN7O. The maximum absolute atomic E-state index is 12.5. The van der Waals surface area contributed by atoms with Gasteiger partial charge in [0, 0.05) is 39.4 Å². The fourth-order valence-electron chi connectivity index (χ4n) is 2.81. The standard InChI is InChI=1S/C16H26F3N7O.HI/c1-4-20-15(21-5-6-23(2)12-16(17,18)19)25-7-8-26(14(27)11-25)13-9-22-24(3)10-13;/h9-10H,4-8,11-12H2,1-3H3,(H,20,21);1H. The number of amides is 1. The molecule has 0 saturated carbocycles. The molecule has 2 heterocycles. The lowest BCUT2D eigenvalue weighted by atomic mass is 10.3. The van der Waals surface area contributed by atoms with Gasteiger partial charge in [0.15, 0.2) is 5.96 Å². The van der Waals surface area contributed by atoms with Crippen LogP contribution in [0.15, 0.2) is 17.4 Å². The van der Waals surface area contributed by atoms with Gasteiger partial charge in [-0.2, -0.15) is 18.3 Å². The number of nitrogens with one attached hydrogen (secondary N) is 1. The Balaban J connectivity index is 0.00000392. The molecule has 28 heavy (non-hydrogen) atoms. The lowest BCUT2D eigenvalue weighted by Crippen LogP contribution is -2.55. The summed E-state index contributed by atoms with van der Waals surface area (Å²) < 4.78 is 38.8. The minimum Gasteiger partial charge on any atom is -0.357 e. The van der Waals surface area contributed by atoms with Crippen molar-refractivity contribution in [1.82, 2.24) is 24.9 Å². The number of nitrogens with zero attached hydrogens (tertiary/aromatic N) is 6. The van der Waals surface area contributed by atoms with Crippen LogP contribution < -0.4 is 10.2 Å². The molecule has 0 bridgehead atoms. The number of aromatic nitrogens is 2. The number of anilines is 1. The van der Waals surface area contributed by atoms with E-state index >= 15 is 0 Å². The second-order valence-corrected chi connectivity index (χ2v) is 6.43. The van der Waals surface area contributed by atoms with Crippen LogP contribution in [-0.2, 0) is 11.8 Å². The first-order chi connectivity index (χ1) is 12.7. The van der Waals surface area contributed by atoms with Crippen LogP contribution in [-0.4, -0.2) is 90.5 Å².